The third kappa shape index (κ3) is 4.21. The van der Waals surface area contributed by atoms with Gasteiger partial charge in [0.15, 0.2) is 0 Å². The molecule has 0 amide bonds. The number of nitrogens with one attached hydrogen (secondary N) is 1. The van der Waals surface area contributed by atoms with E-state index in [1.165, 1.54) is 0 Å². The van der Waals surface area contributed by atoms with Crippen molar-refractivity contribution in [2.45, 2.75) is 0 Å². The van der Waals surface area contributed by atoms with Gasteiger partial charge in [0, 0.05) is 30.8 Å². The number of fused-ring (bicyclic) bond motifs is 1. The van der Waals surface area contributed by atoms with Crippen molar-refractivity contribution in [1.82, 2.24) is 15.1 Å². The van der Waals surface area contributed by atoms with Gasteiger partial charge in [0.25, 0.3) is 0 Å². The minimum Gasteiger partial charge on any atom is -0.506 e. The van der Waals surface area contributed by atoms with Crippen LogP contribution >= 0.6 is 0 Å². The zero-order chi connectivity index (χ0) is 17.7. The zero-order valence-electron chi connectivity index (χ0n) is 14.8. The fraction of sp³-hybridized carbons (Fsp3) is 0.444. The Kier molecular flexibility index (Phi) is 6.11. The Labute approximate surface area is 143 Å². The number of aliphatic hydroxyl groups is 1. The maximum atomic E-state index is 12.7. The number of Topliss-reactive ketones (excluding diaryl/α,β-unsaturated/α-hetero) is 1. The lowest BCUT2D eigenvalue weighted by Crippen LogP contribution is -2.34. The highest BCUT2D eigenvalue weighted by Crippen LogP contribution is 2.31. The largest absolute Gasteiger partial charge is 0.506 e. The van der Waals surface area contributed by atoms with Crippen LogP contribution in [0.4, 0.5) is 0 Å². The van der Waals surface area contributed by atoms with Crippen LogP contribution in [0.5, 0.6) is 0 Å². The molecule has 24 heavy (non-hydrogen) atoms. The summed E-state index contributed by atoms with van der Waals surface area (Å²) >= 11 is 0. The van der Waals surface area contributed by atoms with Crippen LogP contribution in [0.15, 0.2) is 34.8 Å². The molecule has 0 bridgehead atoms. The van der Waals surface area contributed by atoms with Gasteiger partial charge in [0.05, 0.1) is 6.54 Å². The molecule has 2 rings (SSSR count). The van der Waals surface area contributed by atoms with Gasteiger partial charge in [-0.15, -0.1) is 0 Å². The number of hydrogen-bond donors (Lipinski definition) is 2. The van der Waals surface area contributed by atoms with E-state index < -0.39 is 0 Å². The molecule has 1 aliphatic rings. The summed E-state index contributed by atoms with van der Waals surface area (Å²) in [5, 5.41) is 13.7. The minimum absolute atomic E-state index is 0.0107. The standard InChI is InChI=1S/C18H26N4O2/c1-21(2)11-9-19-18(20-10-12-22(3)4)15-16(23)13-7-5-6-8-14(13)17(15)24/h5-8,23H,9-12H2,1-4H3,(H,19,20). The molecule has 130 valence electrons. The number of amidine groups is 1. The predicted octanol–water partition coefficient (Wildman–Crippen LogP) is 1.26. The molecule has 0 saturated heterocycles. The van der Waals surface area contributed by atoms with E-state index in [2.05, 4.69) is 10.3 Å². The Bertz CT molecular complexity index is 663. The van der Waals surface area contributed by atoms with Crippen molar-refractivity contribution in [3.8, 4) is 0 Å². The molecule has 0 radical (unpaired) electrons. The van der Waals surface area contributed by atoms with Gasteiger partial charge in [-0.05, 0) is 28.2 Å². The number of likely N-dealkylation sites (N-methyl/N-ethyl adjacent to an activating group) is 2. The third-order valence-electron chi connectivity index (χ3n) is 3.80. The Morgan fingerprint density at radius 2 is 1.71 bits per heavy atom. The molecule has 1 aliphatic carbocycles. The van der Waals surface area contributed by atoms with Crippen molar-refractivity contribution in [2.75, 3.05) is 54.4 Å². The van der Waals surface area contributed by atoms with Crippen molar-refractivity contribution < 1.29 is 9.90 Å². The molecule has 0 saturated carbocycles. The Morgan fingerprint density at radius 3 is 2.29 bits per heavy atom. The lowest BCUT2D eigenvalue weighted by Gasteiger charge is -2.15. The molecule has 2 N–H and O–H groups in total. The summed E-state index contributed by atoms with van der Waals surface area (Å²) in [6.07, 6.45) is 0. The lowest BCUT2D eigenvalue weighted by atomic mass is 10.1. The fourth-order valence-corrected chi connectivity index (χ4v) is 2.47. The molecular formula is C18H26N4O2. The first kappa shape index (κ1) is 18.2. The lowest BCUT2D eigenvalue weighted by molar-refractivity contribution is 0.104. The first-order valence-corrected chi connectivity index (χ1v) is 8.07. The van der Waals surface area contributed by atoms with Crippen LogP contribution in [0.2, 0.25) is 0 Å². The van der Waals surface area contributed by atoms with Crippen molar-refractivity contribution in [3.63, 3.8) is 0 Å². The average Bonchev–Trinajstić information content (AvgIpc) is 2.77. The van der Waals surface area contributed by atoms with Crippen molar-refractivity contribution in [3.05, 3.63) is 41.0 Å². The average molecular weight is 330 g/mol. The Morgan fingerprint density at radius 1 is 1.08 bits per heavy atom. The number of rotatable bonds is 7. The normalized spacial score (nSPS) is 14.8. The van der Waals surface area contributed by atoms with E-state index in [9.17, 15) is 9.90 Å². The molecule has 0 heterocycles. The van der Waals surface area contributed by atoms with Crippen molar-refractivity contribution in [1.29, 1.82) is 0 Å². The summed E-state index contributed by atoms with van der Waals surface area (Å²) in [6, 6.07) is 7.11. The van der Waals surface area contributed by atoms with Crippen LogP contribution in [0, 0.1) is 0 Å². The second-order valence-corrected chi connectivity index (χ2v) is 6.36. The Hall–Kier alpha value is -2.18. The maximum absolute atomic E-state index is 12.7. The predicted molar refractivity (Wildman–Crippen MR) is 97.7 cm³/mol. The molecule has 1 aromatic carbocycles. The molecule has 6 heteroatoms. The fourth-order valence-electron chi connectivity index (χ4n) is 2.47. The number of ketones is 1. The molecule has 0 spiro atoms. The maximum Gasteiger partial charge on any atom is 0.201 e. The number of carbonyl (C=O) groups excluding carboxylic acids is 1. The molecule has 6 nitrogen and oxygen atoms in total. The zero-order valence-corrected chi connectivity index (χ0v) is 14.8. The van der Waals surface area contributed by atoms with E-state index in [-0.39, 0.29) is 17.1 Å². The van der Waals surface area contributed by atoms with Crippen LogP contribution in [-0.4, -0.2) is 80.9 Å². The summed E-state index contributed by atoms with van der Waals surface area (Å²) in [5.74, 6) is 0.304. The highest BCUT2D eigenvalue weighted by molar-refractivity contribution is 6.35. The van der Waals surface area contributed by atoms with Gasteiger partial charge >= 0.3 is 0 Å². The summed E-state index contributed by atoms with van der Waals surface area (Å²) in [6.45, 7) is 2.78. The summed E-state index contributed by atoms with van der Waals surface area (Å²) < 4.78 is 0. The quantitative estimate of drug-likeness (QED) is 0.582. The van der Waals surface area contributed by atoms with Crippen LogP contribution in [0.3, 0.4) is 0 Å². The van der Waals surface area contributed by atoms with Crippen molar-refractivity contribution in [2.24, 2.45) is 4.99 Å². The van der Waals surface area contributed by atoms with Gasteiger partial charge in [-0.3, -0.25) is 9.79 Å². The van der Waals surface area contributed by atoms with Gasteiger partial charge in [-0.25, -0.2) is 0 Å². The third-order valence-corrected chi connectivity index (χ3v) is 3.80. The molecular weight excluding hydrogens is 304 g/mol. The highest BCUT2D eigenvalue weighted by atomic mass is 16.3. The van der Waals surface area contributed by atoms with Crippen LogP contribution in [-0.2, 0) is 0 Å². The number of benzene rings is 1. The minimum atomic E-state index is -0.177. The van der Waals surface area contributed by atoms with E-state index >= 15 is 0 Å². The molecule has 1 aromatic rings. The van der Waals surface area contributed by atoms with E-state index in [1.54, 1.807) is 18.2 Å². The summed E-state index contributed by atoms with van der Waals surface area (Å²) in [4.78, 5) is 21.3. The van der Waals surface area contributed by atoms with Gasteiger partial charge in [-0.1, -0.05) is 24.3 Å². The molecule has 0 aromatic heterocycles. The van der Waals surface area contributed by atoms with Crippen LogP contribution < -0.4 is 5.32 Å². The van der Waals surface area contributed by atoms with E-state index in [0.717, 1.165) is 13.1 Å². The number of aliphatic imine (C=N–C) groups is 1. The van der Waals surface area contributed by atoms with E-state index in [0.29, 0.717) is 30.1 Å². The van der Waals surface area contributed by atoms with E-state index in [1.807, 2.05) is 44.1 Å². The van der Waals surface area contributed by atoms with E-state index in [4.69, 9.17) is 0 Å². The monoisotopic (exact) mass is 330 g/mol. The SMILES string of the molecule is CN(C)CCN=C(NCCN(C)C)C1=C(O)c2ccccc2C1=O. The molecule has 0 aliphatic heterocycles. The smallest absolute Gasteiger partial charge is 0.201 e. The number of nitrogens with zero attached hydrogens (tertiary/aromatic N) is 3. The summed E-state index contributed by atoms with van der Waals surface area (Å²) in [5.41, 5.74) is 1.38. The first-order valence-electron chi connectivity index (χ1n) is 8.07. The topological polar surface area (TPSA) is 68.2 Å². The van der Waals surface area contributed by atoms with Crippen LogP contribution in [0.1, 0.15) is 15.9 Å². The molecule has 0 unspecified atom stereocenters. The van der Waals surface area contributed by atoms with Gasteiger partial charge in [-0.2, -0.15) is 0 Å². The molecule has 0 fully saturated rings. The number of carbonyl (C=O) groups is 1. The second kappa shape index (κ2) is 8.08. The van der Waals surface area contributed by atoms with Gasteiger partial charge in [0.1, 0.15) is 17.2 Å². The molecule has 0 atom stereocenters. The van der Waals surface area contributed by atoms with Crippen LogP contribution in [0.25, 0.3) is 5.76 Å². The first-order chi connectivity index (χ1) is 11.4. The highest BCUT2D eigenvalue weighted by Gasteiger charge is 2.32. The van der Waals surface area contributed by atoms with Crippen molar-refractivity contribution >= 4 is 17.4 Å². The second-order valence-electron chi connectivity index (χ2n) is 6.36. The Balaban J connectivity index is 2.26. The summed E-state index contributed by atoms with van der Waals surface area (Å²) in [7, 11) is 7.92. The number of aliphatic hydroxyl groups excluding tert-OH is 1. The number of hydrogen-bond acceptors (Lipinski definition) is 5. The van der Waals surface area contributed by atoms with Gasteiger partial charge < -0.3 is 20.2 Å². The van der Waals surface area contributed by atoms with Gasteiger partial charge in [0.2, 0.25) is 5.78 Å².